The van der Waals surface area contributed by atoms with Crippen molar-refractivity contribution >= 4 is 44.2 Å². The molecule has 0 radical (unpaired) electrons. The van der Waals surface area contributed by atoms with Crippen LogP contribution in [0.5, 0.6) is 11.6 Å². The van der Waals surface area contributed by atoms with Gasteiger partial charge in [-0.25, -0.2) is 23.0 Å². The molecule has 1 saturated heterocycles. The van der Waals surface area contributed by atoms with Gasteiger partial charge in [-0.3, -0.25) is 4.98 Å². The van der Waals surface area contributed by atoms with E-state index in [4.69, 9.17) is 9.57 Å². The average molecular weight is 568 g/mol. The second kappa shape index (κ2) is 9.57. The lowest BCUT2D eigenvalue weighted by Gasteiger charge is -2.31. The summed E-state index contributed by atoms with van der Waals surface area (Å²) in [5.74, 6) is -2.16. The van der Waals surface area contributed by atoms with Crippen molar-refractivity contribution in [2.24, 2.45) is 0 Å². The molecule has 0 saturated carbocycles. The predicted octanol–water partition coefficient (Wildman–Crippen LogP) is 1.90. The molecular weight excluding hydrogens is 546 g/mol. The van der Waals surface area contributed by atoms with Crippen LogP contribution in [0.15, 0.2) is 58.4 Å². The van der Waals surface area contributed by atoms with Gasteiger partial charge < -0.3 is 19.6 Å². The predicted molar refractivity (Wildman–Crippen MR) is 141 cm³/mol. The number of aromatic hydroxyl groups is 1. The van der Waals surface area contributed by atoms with Crippen LogP contribution in [0.1, 0.15) is 0 Å². The van der Waals surface area contributed by atoms with Gasteiger partial charge in [-0.15, -0.1) is 16.1 Å². The fourth-order valence-corrected chi connectivity index (χ4v) is 6.47. The molecule has 4 aromatic rings. The highest BCUT2D eigenvalue weighted by molar-refractivity contribution is 7.89. The Morgan fingerprint density at radius 1 is 0.974 bits per heavy atom. The Bertz CT molecular complexity index is 1740. The normalized spacial score (nSPS) is 17.8. The summed E-state index contributed by atoms with van der Waals surface area (Å²) < 4.78 is 34.4. The summed E-state index contributed by atoms with van der Waals surface area (Å²) in [5.41, 5.74) is 3.10. The zero-order valence-corrected chi connectivity index (χ0v) is 22.1. The zero-order valence-electron chi connectivity index (χ0n) is 20.5. The summed E-state index contributed by atoms with van der Waals surface area (Å²) in [4.78, 5) is 40.9. The van der Waals surface area contributed by atoms with Gasteiger partial charge in [-0.05, 0) is 31.3 Å². The molecule has 12 nitrogen and oxygen atoms in total. The Labute approximate surface area is 226 Å². The monoisotopic (exact) mass is 567 g/mol. The Morgan fingerprint density at radius 2 is 1.74 bits per heavy atom. The number of aromatic nitrogens is 3. The van der Waals surface area contributed by atoms with Gasteiger partial charge in [0.2, 0.25) is 15.9 Å². The first-order valence-corrected chi connectivity index (χ1v) is 14.2. The van der Waals surface area contributed by atoms with Crippen LogP contribution in [0.3, 0.4) is 0 Å². The largest absolute Gasteiger partial charge is 0.492 e. The Kier molecular flexibility index (Phi) is 6.18. The second-order valence-corrected chi connectivity index (χ2v) is 11.6. The van der Waals surface area contributed by atoms with E-state index in [-0.39, 0.29) is 32.8 Å². The van der Waals surface area contributed by atoms with Crippen molar-refractivity contribution in [3.05, 3.63) is 53.5 Å². The molecule has 1 aromatic carbocycles. The lowest BCUT2D eigenvalue weighted by Crippen LogP contribution is -2.47. The molecule has 39 heavy (non-hydrogen) atoms. The van der Waals surface area contributed by atoms with Gasteiger partial charge in [0.15, 0.2) is 5.75 Å². The van der Waals surface area contributed by atoms with Crippen LogP contribution in [-0.4, -0.2) is 82.6 Å². The Hall–Kier alpha value is -4.11. The summed E-state index contributed by atoms with van der Waals surface area (Å²) in [6, 6.07) is 6.08. The Morgan fingerprint density at radius 3 is 2.44 bits per heavy atom. The van der Waals surface area contributed by atoms with Crippen molar-refractivity contribution < 1.29 is 32.7 Å². The molecule has 0 unspecified atom stereocenters. The third-order valence-corrected chi connectivity index (χ3v) is 9.03. The number of rotatable bonds is 4. The number of benzene rings is 1. The number of piperazine rings is 1. The number of thiazole rings is 1. The number of carbonyl (C=O) groups excluding carboxylic acids is 2. The van der Waals surface area contributed by atoms with Crippen molar-refractivity contribution in [2.75, 3.05) is 33.2 Å². The van der Waals surface area contributed by atoms with Crippen LogP contribution in [0.25, 0.3) is 33.4 Å². The number of carbonyl (C=O) groups is 2. The van der Waals surface area contributed by atoms with Gasteiger partial charge in [0.05, 0.1) is 33.4 Å². The molecule has 2 aliphatic heterocycles. The number of likely N-dealkylation sites (N-methyl/N-ethyl adjacent to an activating group) is 1. The van der Waals surface area contributed by atoms with Gasteiger partial charge in [0.1, 0.15) is 4.90 Å². The number of sulfonamides is 1. The van der Waals surface area contributed by atoms with Crippen LogP contribution in [0.2, 0.25) is 0 Å². The highest BCUT2D eigenvalue weighted by Gasteiger charge is 2.31. The van der Waals surface area contributed by atoms with Crippen LogP contribution >= 0.6 is 11.3 Å². The van der Waals surface area contributed by atoms with E-state index in [1.807, 2.05) is 7.05 Å². The molecule has 200 valence electrons. The molecule has 0 spiro atoms. The summed E-state index contributed by atoms with van der Waals surface area (Å²) in [6.07, 6.45) is 3.02. The fourth-order valence-electron chi connectivity index (χ4n) is 4.55. The second-order valence-electron chi connectivity index (χ2n) is 8.95. The molecule has 14 heteroatoms. The molecule has 5 heterocycles. The number of hydrogen-bond acceptors (Lipinski definition) is 11. The van der Waals surface area contributed by atoms with E-state index in [9.17, 15) is 23.1 Å². The summed E-state index contributed by atoms with van der Waals surface area (Å²) in [7, 11) is -1.84. The van der Waals surface area contributed by atoms with Gasteiger partial charge in [0, 0.05) is 55.5 Å². The van der Waals surface area contributed by atoms with Crippen molar-refractivity contribution in [3.8, 4) is 34.1 Å². The Balaban J connectivity index is 1.53. The summed E-state index contributed by atoms with van der Waals surface area (Å²) >= 11 is 1.35. The molecule has 2 aliphatic rings. The van der Waals surface area contributed by atoms with Crippen LogP contribution in [-0.2, 0) is 19.6 Å². The molecule has 3 aromatic heterocycles. The lowest BCUT2D eigenvalue weighted by molar-refractivity contribution is -0.139. The van der Waals surface area contributed by atoms with Crippen molar-refractivity contribution in [3.63, 3.8) is 0 Å². The lowest BCUT2D eigenvalue weighted by atomic mass is 10.0. The minimum atomic E-state index is -3.78. The van der Waals surface area contributed by atoms with Crippen molar-refractivity contribution in [2.45, 2.75) is 4.90 Å². The average Bonchev–Trinajstić information content (AvgIpc) is 3.55. The SMILES string of the molecule is CN1CCN(S(=O)(=O)c2ccc(-c3c(O)n4c5ccc(-c6cscn6)c(c35)OC(=O)/C=C/C(=O)O4)nc2)CC1. The standard InChI is InChI=1S/C25H21N5O7S2/c1-28-8-10-29(11-9-28)39(34,35)15-2-4-17(26-12-15)22-23-19-5-3-16(18-13-38-14-27-18)24(23)36-20(31)6-7-21(32)37-30(19)25(22)33/h2-7,12-14,33H,8-11H2,1H3/b7-6+. The minimum Gasteiger partial charge on any atom is -0.492 e. The van der Waals surface area contributed by atoms with E-state index in [1.54, 1.807) is 23.0 Å². The molecule has 4 bridgehead atoms. The minimum absolute atomic E-state index is 0.00221. The molecule has 0 aliphatic carbocycles. The van der Waals surface area contributed by atoms with Gasteiger partial charge in [-0.2, -0.15) is 4.31 Å². The van der Waals surface area contributed by atoms with E-state index in [0.29, 0.717) is 37.4 Å². The maximum atomic E-state index is 13.2. The smallest absolute Gasteiger partial charge is 0.356 e. The zero-order chi connectivity index (χ0) is 27.3. The first-order valence-electron chi connectivity index (χ1n) is 11.8. The number of hydrogen-bond donors (Lipinski definition) is 1. The van der Waals surface area contributed by atoms with Gasteiger partial charge >= 0.3 is 11.9 Å². The number of nitrogens with zero attached hydrogens (tertiary/aromatic N) is 5. The first-order chi connectivity index (χ1) is 18.7. The van der Waals surface area contributed by atoms with Crippen molar-refractivity contribution in [1.82, 2.24) is 23.9 Å². The molecular formula is C25H21N5O7S2. The molecule has 6 rings (SSSR count). The summed E-state index contributed by atoms with van der Waals surface area (Å²) in [5, 5.41) is 13.2. The van der Waals surface area contributed by atoms with Crippen LogP contribution in [0.4, 0.5) is 0 Å². The summed E-state index contributed by atoms with van der Waals surface area (Å²) in [6.45, 7) is 1.97. The quantitative estimate of drug-likeness (QED) is 0.287. The number of ether oxygens (including phenoxy) is 1. The van der Waals surface area contributed by atoms with Crippen molar-refractivity contribution in [1.29, 1.82) is 0 Å². The van der Waals surface area contributed by atoms with Gasteiger partial charge in [-0.1, -0.05) is 0 Å². The maximum absolute atomic E-state index is 13.2. The highest BCUT2D eigenvalue weighted by atomic mass is 32.2. The maximum Gasteiger partial charge on any atom is 0.356 e. The van der Waals surface area contributed by atoms with E-state index in [1.165, 1.54) is 34.0 Å². The first kappa shape index (κ1) is 25.2. The third kappa shape index (κ3) is 4.36. The molecule has 0 atom stereocenters. The topological polar surface area (TPSA) is 144 Å². The van der Waals surface area contributed by atoms with Crippen LogP contribution in [0, 0.1) is 0 Å². The molecule has 0 amide bonds. The molecule has 1 N–H and O–H groups in total. The third-order valence-electron chi connectivity index (χ3n) is 6.56. The van der Waals surface area contributed by atoms with Gasteiger partial charge in [0.25, 0.3) is 0 Å². The molecule has 1 fully saturated rings. The van der Waals surface area contributed by atoms with E-state index in [0.717, 1.165) is 16.9 Å². The number of esters is 1. The number of pyridine rings is 1. The van der Waals surface area contributed by atoms with E-state index >= 15 is 0 Å². The van der Waals surface area contributed by atoms with E-state index in [2.05, 4.69) is 14.9 Å². The van der Waals surface area contributed by atoms with E-state index < -0.39 is 27.8 Å². The fraction of sp³-hybridized carbons (Fsp3) is 0.200. The van der Waals surface area contributed by atoms with Crippen LogP contribution < -0.4 is 9.57 Å². The highest BCUT2D eigenvalue weighted by Crippen LogP contribution is 2.47.